The summed E-state index contributed by atoms with van der Waals surface area (Å²) in [5, 5.41) is 0.649. The Labute approximate surface area is 209 Å². The number of anilines is 1. The van der Waals surface area contributed by atoms with Crippen LogP contribution in [0.25, 0.3) is 0 Å². The van der Waals surface area contributed by atoms with Crippen LogP contribution in [0.15, 0.2) is 60.2 Å². The van der Waals surface area contributed by atoms with Crippen LogP contribution < -0.4 is 4.90 Å². The van der Waals surface area contributed by atoms with Gasteiger partial charge in [-0.2, -0.15) is 0 Å². The lowest BCUT2D eigenvalue weighted by atomic mass is 9.53. The summed E-state index contributed by atoms with van der Waals surface area (Å²) in [4.78, 5) is 29.4. The van der Waals surface area contributed by atoms with Crippen molar-refractivity contribution in [2.24, 2.45) is 11.8 Å². The van der Waals surface area contributed by atoms with Crippen LogP contribution in [-0.2, 0) is 14.9 Å². The molecule has 2 bridgehead atoms. The first-order valence-electron chi connectivity index (χ1n) is 12.9. The molecular weight excluding hydrogens is 460 g/mol. The van der Waals surface area contributed by atoms with E-state index in [2.05, 4.69) is 35.2 Å². The third-order valence-corrected chi connectivity index (χ3v) is 10.6. The molecule has 5 heterocycles. The number of piperidine rings is 2. The fraction of sp³-hybridized carbons (Fsp3) is 0.448. The Hall–Kier alpha value is -2.47. The van der Waals surface area contributed by atoms with Crippen molar-refractivity contribution >= 4 is 29.0 Å². The Morgan fingerprint density at radius 3 is 2.86 bits per heavy atom. The molecule has 7 atom stereocenters. The molecule has 5 aliphatic heterocycles. The third kappa shape index (κ3) is 2.47. The van der Waals surface area contributed by atoms with Gasteiger partial charge in [-0.05, 0) is 47.4 Å². The molecule has 0 radical (unpaired) electrons. The normalized spacial score (nSPS) is 39.7. The predicted octanol–water partition coefficient (Wildman–Crippen LogP) is 4.14. The fourth-order valence-electron chi connectivity index (χ4n) is 9.21. The molecule has 1 amide bonds. The molecule has 1 saturated carbocycles. The highest BCUT2D eigenvalue weighted by Crippen LogP contribution is 2.67. The van der Waals surface area contributed by atoms with Gasteiger partial charge < -0.3 is 14.1 Å². The van der Waals surface area contributed by atoms with E-state index in [4.69, 9.17) is 16.3 Å². The van der Waals surface area contributed by atoms with E-state index in [0.29, 0.717) is 42.5 Å². The summed E-state index contributed by atoms with van der Waals surface area (Å²) in [6.45, 7) is 2.96. The smallest absolute Gasteiger partial charge is 0.229 e. The van der Waals surface area contributed by atoms with Crippen molar-refractivity contribution in [2.45, 2.75) is 42.9 Å². The highest BCUT2D eigenvalue weighted by Gasteiger charge is 2.76. The quantitative estimate of drug-likeness (QED) is 0.371. The number of rotatable bonds is 3. The minimum atomic E-state index is -0.106. The molecule has 1 spiro atoms. The molecule has 178 valence electrons. The Balaban J connectivity index is 1.31. The van der Waals surface area contributed by atoms with E-state index in [-0.39, 0.29) is 29.3 Å². The molecule has 2 aromatic carbocycles. The van der Waals surface area contributed by atoms with E-state index in [0.717, 1.165) is 41.7 Å². The number of amides is 1. The monoisotopic (exact) mass is 487 g/mol. The van der Waals surface area contributed by atoms with E-state index in [1.54, 1.807) is 0 Å². The molecule has 8 rings (SSSR count). The first-order valence-corrected chi connectivity index (χ1v) is 13.3. The zero-order valence-corrected chi connectivity index (χ0v) is 20.3. The van der Waals surface area contributed by atoms with Crippen LogP contribution >= 0.6 is 11.6 Å². The van der Waals surface area contributed by atoms with Gasteiger partial charge in [-0.25, -0.2) is 0 Å². The van der Waals surface area contributed by atoms with Gasteiger partial charge in [0.15, 0.2) is 0 Å². The second-order valence-electron chi connectivity index (χ2n) is 11.5. The maximum Gasteiger partial charge on any atom is 0.229 e. The van der Waals surface area contributed by atoms with Crippen LogP contribution in [0.4, 0.5) is 5.69 Å². The lowest BCUT2D eigenvalue weighted by molar-refractivity contribution is -0.935. The molecule has 1 unspecified atom stereocenters. The highest BCUT2D eigenvalue weighted by molar-refractivity contribution is 6.30. The number of para-hydroxylation sites is 1. The lowest BCUT2D eigenvalue weighted by Crippen LogP contribution is -2.73. The van der Waals surface area contributed by atoms with Gasteiger partial charge in [0.2, 0.25) is 11.7 Å². The summed E-state index contributed by atoms with van der Waals surface area (Å²) in [6.07, 6.45) is 4.85. The number of nitrogens with zero attached hydrogens (tertiary/aromatic N) is 2. The van der Waals surface area contributed by atoms with Gasteiger partial charge in [0, 0.05) is 35.0 Å². The molecule has 0 N–H and O–H groups in total. The van der Waals surface area contributed by atoms with Gasteiger partial charge in [-0.1, -0.05) is 35.9 Å². The van der Waals surface area contributed by atoms with Gasteiger partial charge in [0.1, 0.15) is 19.1 Å². The molecule has 1 aliphatic carbocycles. The van der Waals surface area contributed by atoms with Gasteiger partial charge in [0.25, 0.3) is 0 Å². The standard InChI is InChI=1S/C29H28ClN2O3/c30-19-7-5-17(6-8-19)23(33)16-32-11-10-29-21-3-1-2-4-22(21)31-26(34)14-24-27(28(29)31)20(13-25(29)32)18(15-32)9-12-35-24/h1-9,20,24-25,27-28H,10-16H2/q+1/t20-,24-,25+,27-,28-,29+,32?/m0/s1. The maximum absolute atomic E-state index is 13.7. The van der Waals surface area contributed by atoms with E-state index in [9.17, 15) is 9.59 Å². The van der Waals surface area contributed by atoms with Gasteiger partial charge >= 0.3 is 0 Å². The van der Waals surface area contributed by atoms with Gasteiger partial charge in [-0.3, -0.25) is 9.59 Å². The third-order valence-electron chi connectivity index (χ3n) is 10.3. The lowest BCUT2D eigenvalue weighted by Gasteiger charge is -2.60. The molecule has 5 nitrogen and oxygen atoms in total. The Bertz CT molecular complexity index is 1320. The summed E-state index contributed by atoms with van der Waals surface area (Å²) in [7, 11) is 0. The molecule has 4 fully saturated rings. The number of ether oxygens (including phenoxy) is 1. The maximum atomic E-state index is 13.7. The summed E-state index contributed by atoms with van der Waals surface area (Å²) in [6, 6.07) is 16.4. The number of carbonyl (C=O) groups is 2. The SMILES string of the molecule is O=C(C[N+]12CC[C@@]34c5ccccc5N5C(=O)C[C@@H]6OCC=C(C1)[C@H](C[C@H]32)[C@@H]6[C@H]54)c1ccc(Cl)cc1. The van der Waals surface area contributed by atoms with Crippen molar-refractivity contribution in [3.05, 3.63) is 76.3 Å². The van der Waals surface area contributed by atoms with E-state index >= 15 is 0 Å². The second kappa shape index (κ2) is 6.84. The number of benzene rings is 2. The average molecular weight is 488 g/mol. The van der Waals surface area contributed by atoms with Crippen molar-refractivity contribution in [2.75, 3.05) is 31.1 Å². The average Bonchev–Trinajstić information content (AvgIpc) is 3.29. The number of halogens is 1. The zero-order chi connectivity index (χ0) is 23.5. The molecule has 6 aliphatic rings. The van der Waals surface area contributed by atoms with E-state index in [1.807, 2.05) is 24.3 Å². The van der Waals surface area contributed by atoms with Crippen LogP contribution in [-0.4, -0.2) is 60.6 Å². The minimum absolute atomic E-state index is 0.00839. The number of hydrogen-bond donors (Lipinski definition) is 0. The topological polar surface area (TPSA) is 46.6 Å². The Morgan fingerprint density at radius 1 is 1.17 bits per heavy atom. The van der Waals surface area contributed by atoms with Crippen molar-refractivity contribution in [1.29, 1.82) is 0 Å². The largest absolute Gasteiger partial charge is 0.373 e. The first-order chi connectivity index (χ1) is 17.0. The van der Waals surface area contributed by atoms with Crippen molar-refractivity contribution < 1.29 is 18.8 Å². The Morgan fingerprint density at radius 2 is 2.00 bits per heavy atom. The van der Waals surface area contributed by atoms with Crippen molar-refractivity contribution in [3.8, 4) is 0 Å². The number of ketones is 1. The van der Waals surface area contributed by atoms with Crippen molar-refractivity contribution in [1.82, 2.24) is 0 Å². The van der Waals surface area contributed by atoms with Crippen LogP contribution in [0.3, 0.4) is 0 Å². The number of carbonyl (C=O) groups excluding carboxylic acids is 2. The van der Waals surface area contributed by atoms with Crippen LogP contribution in [0.5, 0.6) is 0 Å². The first kappa shape index (κ1) is 20.7. The number of Topliss-reactive ketones (excluding diaryl/α,β-unsaturated/α-hetero) is 1. The van der Waals surface area contributed by atoms with Gasteiger partial charge in [-0.15, -0.1) is 0 Å². The summed E-state index contributed by atoms with van der Waals surface area (Å²) >= 11 is 6.10. The fourth-order valence-corrected chi connectivity index (χ4v) is 9.34. The number of hydrogen-bond acceptors (Lipinski definition) is 3. The Kier molecular flexibility index (Phi) is 4.05. The molecule has 35 heavy (non-hydrogen) atoms. The molecule has 3 saturated heterocycles. The molecule has 0 aromatic heterocycles. The molecule has 6 heteroatoms. The van der Waals surface area contributed by atoms with Gasteiger partial charge in [0.05, 0.1) is 37.1 Å². The van der Waals surface area contributed by atoms with Crippen LogP contribution in [0.1, 0.15) is 35.2 Å². The summed E-state index contributed by atoms with van der Waals surface area (Å²) < 4.78 is 7.18. The summed E-state index contributed by atoms with van der Waals surface area (Å²) in [5.41, 5.74) is 4.52. The van der Waals surface area contributed by atoms with Crippen LogP contribution in [0, 0.1) is 11.8 Å². The molecular formula is C29H28ClN2O3+. The number of quaternary nitrogens is 1. The highest BCUT2D eigenvalue weighted by atomic mass is 35.5. The van der Waals surface area contributed by atoms with Crippen LogP contribution in [0.2, 0.25) is 5.02 Å². The second-order valence-corrected chi connectivity index (χ2v) is 11.9. The van der Waals surface area contributed by atoms with E-state index in [1.165, 1.54) is 11.1 Å². The molecule has 2 aromatic rings. The summed E-state index contributed by atoms with van der Waals surface area (Å²) in [5.74, 6) is 1.15. The predicted molar refractivity (Wildman–Crippen MR) is 132 cm³/mol. The van der Waals surface area contributed by atoms with Crippen molar-refractivity contribution in [3.63, 3.8) is 0 Å². The number of fused-ring (bicyclic) bond motifs is 2. The zero-order valence-electron chi connectivity index (χ0n) is 19.5. The minimum Gasteiger partial charge on any atom is -0.373 e. The van der Waals surface area contributed by atoms with E-state index < -0.39 is 0 Å².